The summed E-state index contributed by atoms with van der Waals surface area (Å²) >= 11 is 0. The van der Waals surface area contributed by atoms with Crippen LogP contribution >= 0.6 is 0 Å². The van der Waals surface area contributed by atoms with E-state index in [1.165, 1.54) is 5.56 Å². The predicted octanol–water partition coefficient (Wildman–Crippen LogP) is 2.32. The first kappa shape index (κ1) is 17.0. The van der Waals surface area contributed by atoms with Gasteiger partial charge in [0.15, 0.2) is 0 Å². The Morgan fingerprint density at radius 3 is 2.57 bits per heavy atom. The van der Waals surface area contributed by atoms with Gasteiger partial charge >= 0.3 is 0 Å². The number of carbonyl (C=O) groups excluding carboxylic acids is 1. The van der Waals surface area contributed by atoms with Crippen molar-refractivity contribution in [2.24, 2.45) is 5.73 Å². The minimum Gasteiger partial charge on any atom is -0.494 e. The van der Waals surface area contributed by atoms with E-state index < -0.39 is 0 Å². The summed E-state index contributed by atoms with van der Waals surface area (Å²) in [5.74, 6) is 0.749. The molecule has 2 aromatic rings. The van der Waals surface area contributed by atoms with E-state index in [1.807, 2.05) is 30.3 Å². The van der Waals surface area contributed by atoms with Gasteiger partial charge in [-0.15, -0.1) is 0 Å². The van der Waals surface area contributed by atoms with Crippen LogP contribution in [0.1, 0.15) is 17.5 Å². The van der Waals surface area contributed by atoms with Crippen LogP contribution in [-0.2, 0) is 17.6 Å². The van der Waals surface area contributed by atoms with Crippen LogP contribution in [0.4, 0.5) is 0 Å². The van der Waals surface area contributed by atoms with Crippen molar-refractivity contribution in [1.29, 1.82) is 0 Å². The maximum absolute atomic E-state index is 11.1. The minimum atomic E-state index is -0.127. The number of nitrogens with two attached hydrogens (primary N) is 1. The number of nitrogens with one attached hydrogen (secondary N) is 1. The highest BCUT2D eigenvalue weighted by Gasteiger charge is 2.00. The van der Waals surface area contributed by atoms with E-state index in [-0.39, 0.29) is 12.5 Å². The van der Waals surface area contributed by atoms with Gasteiger partial charge in [-0.25, -0.2) is 0 Å². The van der Waals surface area contributed by atoms with Crippen LogP contribution in [0.3, 0.4) is 0 Å². The number of hydrogen-bond acceptors (Lipinski definition) is 3. The van der Waals surface area contributed by atoms with Gasteiger partial charge in [0.2, 0.25) is 5.91 Å². The van der Waals surface area contributed by atoms with Crippen LogP contribution in [0.15, 0.2) is 54.6 Å². The summed E-state index contributed by atoms with van der Waals surface area (Å²) in [4.78, 5) is 11.1. The number of aryl methyl sites for hydroxylation is 1. The van der Waals surface area contributed by atoms with Gasteiger partial charge in [-0.2, -0.15) is 0 Å². The first-order valence-electron chi connectivity index (χ1n) is 8.00. The van der Waals surface area contributed by atoms with Crippen molar-refractivity contribution in [3.63, 3.8) is 0 Å². The van der Waals surface area contributed by atoms with Crippen molar-refractivity contribution < 1.29 is 9.53 Å². The largest absolute Gasteiger partial charge is 0.494 e. The molecule has 4 nitrogen and oxygen atoms in total. The molecule has 1 amide bonds. The number of amides is 1. The maximum Gasteiger partial charge on any atom is 0.233 e. The molecule has 0 saturated heterocycles. The summed E-state index contributed by atoms with van der Waals surface area (Å²) in [5.41, 5.74) is 7.73. The lowest BCUT2D eigenvalue weighted by atomic mass is 10.1. The van der Waals surface area contributed by atoms with Crippen LogP contribution in [0.2, 0.25) is 0 Å². The zero-order valence-electron chi connectivity index (χ0n) is 13.3. The molecule has 0 fully saturated rings. The number of benzene rings is 2. The summed E-state index contributed by atoms with van der Waals surface area (Å²) in [6.45, 7) is 1.32. The van der Waals surface area contributed by atoms with Crippen LogP contribution in [0.5, 0.6) is 5.75 Å². The Kier molecular flexibility index (Phi) is 7.14. The number of hydrogen-bond donors (Lipinski definition) is 2. The molecule has 122 valence electrons. The smallest absolute Gasteiger partial charge is 0.233 e. The Balaban J connectivity index is 1.71. The average molecular weight is 312 g/mol. The molecule has 0 unspecified atom stereocenters. The molecule has 0 aliphatic carbocycles. The molecule has 23 heavy (non-hydrogen) atoms. The normalized spacial score (nSPS) is 10.3. The topological polar surface area (TPSA) is 64.4 Å². The van der Waals surface area contributed by atoms with Gasteiger partial charge in [-0.3, -0.25) is 4.79 Å². The van der Waals surface area contributed by atoms with E-state index in [4.69, 9.17) is 10.5 Å². The summed E-state index contributed by atoms with van der Waals surface area (Å²) in [6.07, 6.45) is 2.78. The van der Waals surface area contributed by atoms with Gasteiger partial charge in [0, 0.05) is 6.54 Å². The Labute approximate surface area is 137 Å². The molecule has 0 heterocycles. The highest BCUT2D eigenvalue weighted by atomic mass is 16.5. The minimum absolute atomic E-state index is 0.0323. The van der Waals surface area contributed by atoms with Crippen molar-refractivity contribution in [3.05, 3.63) is 65.7 Å². The SMILES string of the molecule is NCC(=O)NCCc1cccc(OCCCc2ccccc2)c1. The fraction of sp³-hybridized carbons (Fsp3) is 0.316. The standard InChI is InChI=1S/C19H24N2O2/c20-15-19(22)21-12-11-17-8-4-10-18(14-17)23-13-5-9-16-6-2-1-3-7-16/h1-4,6-8,10,14H,5,9,11-13,15,20H2,(H,21,22). The maximum atomic E-state index is 11.1. The second kappa shape index (κ2) is 9.64. The molecule has 3 N–H and O–H groups in total. The summed E-state index contributed by atoms with van der Waals surface area (Å²) in [7, 11) is 0. The highest BCUT2D eigenvalue weighted by molar-refractivity contribution is 5.77. The molecule has 0 spiro atoms. The Morgan fingerprint density at radius 2 is 1.78 bits per heavy atom. The molecular formula is C19H24N2O2. The van der Waals surface area contributed by atoms with Gasteiger partial charge in [-0.05, 0) is 42.5 Å². The Hall–Kier alpha value is -2.33. The Morgan fingerprint density at radius 1 is 1.00 bits per heavy atom. The van der Waals surface area contributed by atoms with Crippen molar-refractivity contribution in [1.82, 2.24) is 5.32 Å². The molecule has 0 bridgehead atoms. The fourth-order valence-electron chi connectivity index (χ4n) is 2.32. The van der Waals surface area contributed by atoms with Gasteiger partial charge < -0.3 is 15.8 Å². The first-order valence-corrected chi connectivity index (χ1v) is 8.00. The molecule has 0 saturated carbocycles. The van der Waals surface area contributed by atoms with Crippen LogP contribution < -0.4 is 15.8 Å². The molecule has 4 heteroatoms. The summed E-state index contributed by atoms with van der Waals surface area (Å²) in [5, 5.41) is 2.77. The molecule has 0 radical (unpaired) electrons. The monoisotopic (exact) mass is 312 g/mol. The van der Waals surface area contributed by atoms with Gasteiger partial charge in [0.25, 0.3) is 0 Å². The zero-order chi connectivity index (χ0) is 16.3. The van der Waals surface area contributed by atoms with Gasteiger partial charge in [0.05, 0.1) is 13.2 Å². The van der Waals surface area contributed by atoms with E-state index >= 15 is 0 Å². The second-order valence-corrected chi connectivity index (χ2v) is 5.39. The van der Waals surface area contributed by atoms with E-state index in [9.17, 15) is 4.79 Å². The summed E-state index contributed by atoms with van der Waals surface area (Å²) < 4.78 is 5.81. The number of carbonyl (C=O) groups is 1. The Bertz CT molecular complexity index is 599. The number of ether oxygens (including phenoxy) is 1. The predicted molar refractivity (Wildman–Crippen MR) is 92.5 cm³/mol. The first-order chi connectivity index (χ1) is 11.3. The molecule has 0 aromatic heterocycles. The van der Waals surface area contributed by atoms with Crippen LogP contribution in [-0.4, -0.2) is 25.6 Å². The lowest BCUT2D eigenvalue weighted by molar-refractivity contribution is -0.119. The van der Waals surface area contributed by atoms with E-state index in [0.717, 1.165) is 30.6 Å². The second-order valence-electron chi connectivity index (χ2n) is 5.39. The van der Waals surface area contributed by atoms with Crippen molar-refractivity contribution in [3.8, 4) is 5.75 Å². The lowest BCUT2D eigenvalue weighted by Gasteiger charge is -2.09. The van der Waals surface area contributed by atoms with Crippen LogP contribution in [0.25, 0.3) is 0 Å². The lowest BCUT2D eigenvalue weighted by Crippen LogP contribution is -2.31. The van der Waals surface area contributed by atoms with Gasteiger partial charge in [0.1, 0.15) is 5.75 Å². The quantitative estimate of drug-likeness (QED) is 0.698. The average Bonchev–Trinajstić information content (AvgIpc) is 2.60. The third-order valence-corrected chi connectivity index (χ3v) is 3.54. The van der Waals surface area contributed by atoms with Crippen LogP contribution in [0, 0.1) is 0 Å². The third kappa shape index (κ3) is 6.53. The molecule has 2 rings (SSSR count). The summed E-state index contributed by atoms with van der Waals surface area (Å²) in [6, 6.07) is 18.4. The molecular weight excluding hydrogens is 288 g/mol. The van der Waals surface area contributed by atoms with E-state index in [1.54, 1.807) is 0 Å². The fourth-order valence-corrected chi connectivity index (χ4v) is 2.32. The van der Waals surface area contributed by atoms with E-state index in [2.05, 4.69) is 29.6 Å². The van der Waals surface area contributed by atoms with Gasteiger partial charge in [-0.1, -0.05) is 42.5 Å². The zero-order valence-corrected chi connectivity index (χ0v) is 13.3. The van der Waals surface area contributed by atoms with E-state index in [0.29, 0.717) is 13.2 Å². The van der Waals surface area contributed by atoms with Crippen molar-refractivity contribution >= 4 is 5.91 Å². The van der Waals surface area contributed by atoms with Crippen molar-refractivity contribution in [2.75, 3.05) is 19.7 Å². The molecule has 2 aromatic carbocycles. The molecule has 0 aliphatic heterocycles. The highest BCUT2D eigenvalue weighted by Crippen LogP contribution is 2.14. The molecule has 0 atom stereocenters. The molecule has 0 aliphatic rings. The van der Waals surface area contributed by atoms with Crippen molar-refractivity contribution in [2.45, 2.75) is 19.3 Å². The third-order valence-electron chi connectivity index (χ3n) is 3.54. The number of rotatable bonds is 9.